The first-order valence-corrected chi connectivity index (χ1v) is 14.2. The lowest BCUT2D eigenvalue weighted by atomic mass is 9.62. The quantitative estimate of drug-likeness (QED) is 0.260. The van der Waals surface area contributed by atoms with Gasteiger partial charge < -0.3 is 14.2 Å². The summed E-state index contributed by atoms with van der Waals surface area (Å²) >= 11 is 0. The first kappa shape index (κ1) is 28.2. The maximum Gasteiger partial charge on any atom is 0.330 e. The third kappa shape index (κ3) is 6.43. The molecule has 206 valence electrons. The number of hydrogen-bond donors (Lipinski definition) is 0. The van der Waals surface area contributed by atoms with Crippen LogP contribution in [0.4, 0.5) is 0 Å². The highest BCUT2D eigenvalue weighted by Crippen LogP contribution is 2.50. The fourth-order valence-corrected chi connectivity index (χ4v) is 5.79. The average molecular weight is 520 g/mol. The first-order valence-electron chi connectivity index (χ1n) is 14.2. The van der Waals surface area contributed by atoms with Crippen LogP contribution >= 0.6 is 0 Å². The zero-order valence-electron chi connectivity index (χ0n) is 24.2. The van der Waals surface area contributed by atoms with Gasteiger partial charge in [0.05, 0.1) is 13.7 Å². The molecule has 1 aliphatic carbocycles. The summed E-state index contributed by atoms with van der Waals surface area (Å²) in [4.78, 5) is 14.4. The van der Waals surface area contributed by atoms with Gasteiger partial charge in [0.1, 0.15) is 18.1 Å². The van der Waals surface area contributed by atoms with E-state index in [9.17, 15) is 4.79 Å². The molecule has 1 aliphatic heterocycles. The summed E-state index contributed by atoms with van der Waals surface area (Å²) in [5.41, 5.74) is 5.82. The lowest BCUT2D eigenvalue weighted by molar-refractivity contribution is -0.137. The topological polar surface area (TPSA) is 48.0 Å². The molecular weight excluding hydrogens is 474 g/mol. The number of rotatable bonds is 9. The van der Waals surface area contributed by atoms with Crippen molar-refractivity contribution >= 4 is 12.0 Å². The third-order valence-corrected chi connectivity index (χ3v) is 8.28. The molecule has 0 N–H and O–H groups in total. The van der Waals surface area contributed by atoms with Crippen molar-refractivity contribution in [1.29, 1.82) is 0 Å². The number of likely N-dealkylation sites (tertiary alicyclic amines) is 1. The predicted molar refractivity (Wildman–Crippen MR) is 155 cm³/mol. The number of esters is 1. The van der Waals surface area contributed by atoms with Gasteiger partial charge in [-0.2, -0.15) is 0 Å². The molecule has 5 heteroatoms. The normalized spacial score (nSPS) is 18.7. The van der Waals surface area contributed by atoms with Crippen molar-refractivity contribution in [2.75, 3.05) is 40.0 Å². The standard InChI is InChI=1S/C33H45NO4/c1-7-37-31(35)14-12-24-11-13-29(36-6)25(21-24)26-22-27-28(33(4,5)16-15-32(27,2)3)23-30(26)38-20-19-34-17-9-8-10-18-34/h11-14,21-23H,7-10,15-20H2,1-6H3/b14-12+. The van der Waals surface area contributed by atoms with Crippen LogP contribution in [-0.2, 0) is 20.4 Å². The minimum absolute atomic E-state index is 0.0700. The van der Waals surface area contributed by atoms with E-state index >= 15 is 0 Å². The Labute approximate surface area is 229 Å². The summed E-state index contributed by atoms with van der Waals surface area (Å²) in [5.74, 6) is 1.34. The van der Waals surface area contributed by atoms with Crippen LogP contribution in [0.2, 0.25) is 0 Å². The van der Waals surface area contributed by atoms with E-state index in [1.54, 1.807) is 13.2 Å². The van der Waals surface area contributed by atoms with Gasteiger partial charge in [0.15, 0.2) is 0 Å². The maximum atomic E-state index is 11.9. The number of carbonyl (C=O) groups excluding carboxylic acids is 1. The summed E-state index contributed by atoms with van der Waals surface area (Å²) in [6, 6.07) is 10.6. The van der Waals surface area contributed by atoms with E-state index in [2.05, 4.69) is 50.8 Å². The summed E-state index contributed by atoms with van der Waals surface area (Å²) in [6.07, 6.45) is 9.44. The molecule has 0 radical (unpaired) electrons. The van der Waals surface area contributed by atoms with Crippen LogP contribution in [0.5, 0.6) is 11.5 Å². The second-order valence-electron chi connectivity index (χ2n) is 12.0. The highest BCUT2D eigenvalue weighted by Gasteiger charge is 2.38. The van der Waals surface area contributed by atoms with Crippen molar-refractivity contribution in [3.63, 3.8) is 0 Å². The van der Waals surface area contributed by atoms with E-state index < -0.39 is 0 Å². The molecule has 0 amide bonds. The summed E-state index contributed by atoms with van der Waals surface area (Å²) in [5, 5.41) is 0. The maximum absolute atomic E-state index is 11.9. The Morgan fingerprint density at radius 2 is 1.58 bits per heavy atom. The summed E-state index contributed by atoms with van der Waals surface area (Å²) < 4.78 is 17.5. The first-order chi connectivity index (χ1) is 18.1. The van der Waals surface area contributed by atoms with Crippen molar-refractivity contribution in [2.24, 2.45) is 0 Å². The summed E-state index contributed by atoms with van der Waals surface area (Å²) in [6.45, 7) is 15.5. The van der Waals surface area contributed by atoms with Crippen molar-refractivity contribution < 1.29 is 19.0 Å². The molecule has 5 nitrogen and oxygen atoms in total. The number of carbonyl (C=O) groups is 1. The predicted octanol–water partition coefficient (Wildman–Crippen LogP) is 7.15. The van der Waals surface area contributed by atoms with Crippen LogP contribution in [-0.4, -0.2) is 50.8 Å². The minimum atomic E-state index is -0.343. The highest BCUT2D eigenvalue weighted by molar-refractivity contribution is 5.88. The van der Waals surface area contributed by atoms with E-state index in [0.717, 1.165) is 60.7 Å². The number of benzene rings is 2. The van der Waals surface area contributed by atoms with Gasteiger partial charge in [0.2, 0.25) is 0 Å². The number of nitrogens with zero attached hydrogens (tertiary/aromatic N) is 1. The Balaban J connectivity index is 1.77. The molecule has 0 bridgehead atoms. The Bertz CT molecular complexity index is 1160. The highest BCUT2D eigenvalue weighted by atomic mass is 16.5. The molecule has 1 heterocycles. The zero-order chi connectivity index (χ0) is 27.3. The minimum Gasteiger partial charge on any atom is -0.496 e. The van der Waals surface area contributed by atoms with Gasteiger partial charge in [-0.05, 0) is 104 Å². The van der Waals surface area contributed by atoms with Crippen LogP contribution in [0.1, 0.15) is 83.4 Å². The SMILES string of the molecule is CCOC(=O)/C=C/c1ccc(OC)c(-c2cc3c(cc2OCCN2CCCCC2)C(C)(C)CCC3(C)C)c1. The van der Waals surface area contributed by atoms with Crippen molar-refractivity contribution in [3.8, 4) is 22.6 Å². The average Bonchev–Trinajstić information content (AvgIpc) is 2.90. The smallest absolute Gasteiger partial charge is 0.330 e. The molecular formula is C33H45NO4. The van der Waals surface area contributed by atoms with Gasteiger partial charge in [0, 0.05) is 23.7 Å². The van der Waals surface area contributed by atoms with Crippen molar-refractivity contribution in [3.05, 3.63) is 53.1 Å². The van der Waals surface area contributed by atoms with Crippen LogP contribution in [0.25, 0.3) is 17.2 Å². The summed E-state index contributed by atoms with van der Waals surface area (Å²) in [7, 11) is 1.70. The molecule has 2 aromatic carbocycles. The number of ether oxygens (including phenoxy) is 3. The van der Waals surface area contributed by atoms with Gasteiger partial charge in [0.25, 0.3) is 0 Å². The van der Waals surface area contributed by atoms with Crippen LogP contribution in [0, 0.1) is 0 Å². The monoisotopic (exact) mass is 519 g/mol. The van der Waals surface area contributed by atoms with E-state index in [1.807, 2.05) is 19.1 Å². The number of piperidine rings is 1. The lowest BCUT2D eigenvalue weighted by Gasteiger charge is -2.42. The Morgan fingerprint density at radius 1 is 0.921 bits per heavy atom. The molecule has 38 heavy (non-hydrogen) atoms. The van der Waals surface area contributed by atoms with Crippen LogP contribution < -0.4 is 9.47 Å². The van der Waals surface area contributed by atoms with Gasteiger partial charge >= 0.3 is 5.97 Å². The van der Waals surface area contributed by atoms with Gasteiger partial charge in [-0.15, -0.1) is 0 Å². The Morgan fingerprint density at radius 3 is 2.24 bits per heavy atom. The lowest BCUT2D eigenvalue weighted by Crippen LogP contribution is -2.34. The number of hydrogen-bond acceptors (Lipinski definition) is 5. The largest absolute Gasteiger partial charge is 0.496 e. The van der Waals surface area contributed by atoms with E-state index in [4.69, 9.17) is 14.2 Å². The fraction of sp³-hybridized carbons (Fsp3) is 0.545. The molecule has 0 unspecified atom stereocenters. The fourth-order valence-electron chi connectivity index (χ4n) is 5.79. The third-order valence-electron chi connectivity index (χ3n) is 8.28. The van der Waals surface area contributed by atoms with Gasteiger partial charge in [-0.25, -0.2) is 4.79 Å². The molecule has 0 atom stereocenters. The van der Waals surface area contributed by atoms with E-state index in [0.29, 0.717) is 13.2 Å². The van der Waals surface area contributed by atoms with Crippen molar-refractivity contribution in [1.82, 2.24) is 4.90 Å². The molecule has 0 aromatic heterocycles. The zero-order valence-corrected chi connectivity index (χ0v) is 24.2. The molecule has 0 saturated carbocycles. The van der Waals surface area contributed by atoms with Crippen LogP contribution in [0.15, 0.2) is 36.4 Å². The second kappa shape index (κ2) is 11.9. The Hall–Kier alpha value is -2.79. The van der Waals surface area contributed by atoms with Crippen molar-refractivity contribution in [2.45, 2.75) is 77.6 Å². The molecule has 2 aliphatic rings. The van der Waals surface area contributed by atoms with E-state index in [1.165, 1.54) is 36.5 Å². The van der Waals surface area contributed by atoms with Gasteiger partial charge in [-0.3, -0.25) is 4.90 Å². The second-order valence-corrected chi connectivity index (χ2v) is 12.0. The van der Waals surface area contributed by atoms with E-state index in [-0.39, 0.29) is 16.8 Å². The number of fused-ring (bicyclic) bond motifs is 1. The Kier molecular flexibility index (Phi) is 8.87. The number of methoxy groups -OCH3 is 1. The molecule has 0 spiro atoms. The molecule has 1 saturated heterocycles. The molecule has 1 fully saturated rings. The van der Waals surface area contributed by atoms with Gasteiger partial charge in [-0.1, -0.05) is 40.2 Å². The van der Waals surface area contributed by atoms with Crippen LogP contribution in [0.3, 0.4) is 0 Å². The molecule has 4 rings (SSSR count). The molecule has 2 aromatic rings.